The van der Waals surface area contributed by atoms with E-state index < -0.39 is 11.8 Å². The summed E-state index contributed by atoms with van der Waals surface area (Å²) in [5, 5.41) is 7.76. The lowest BCUT2D eigenvalue weighted by Gasteiger charge is -2.09. The highest BCUT2D eigenvalue weighted by atomic mass is 16.2. The van der Waals surface area contributed by atoms with E-state index in [4.69, 9.17) is 5.73 Å². The van der Waals surface area contributed by atoms with Crippen molar-refractivity contribution in [2.24, 2.45) is 5.73 Å². The van der Waals surface area contributed by atoms with Crippen molar-refractivity contribution in [2.75, 3.05) is 5.32 Å². The Labute approximate surface area is 166 Å². The Bertz CT molecular complexity index is 1220. The predicted molar refractivity (Wildman–Crippen MR) is 109 cm³/mol. The minimum Gasteiger partial charge on any atom is -0.366 e. The third-order valence-corrected chi connectivity index (χ3v) is 4.65. The van der Waals surface area contributed by atoms with Gasteiger partial charge in [0, 0.05) is 17.8 Å². The molecule has 2 amide bonds. The van der Waals surface area contributed by atoms with E-state index in [1.807, 2.05) is 19.1 Å². The number of aromatic nitrogens is 4. The lowest BCUT2D eigenvalue weighted by atomic mass is 10.1. The zero-order valence-electron chi connectivity index (χ0n) is 15.7. The first-order valence-electron chi connectivity index (χ1n) is 8.95. The van der Waals surface area contributed by atoms with Crippen LogP contribution in [-0.2, 0) is 6.54 Å². The molecule has 3 N–H and O–H groups in total. The molecule has 0 aliphatic rings. The van der Waals surface area contributed by atoms with Crippen molar-refractivity contribution < 1.29 is 9.59 Å². The van der Waals surface area contributed by atoms with E-state index in [0.29, 0.717) is 23.1 Å². The second-order valence-electron chi connectivity index (χ2n) is 6.55. The first kappa shape index (κ1) is 18.3. The Morgan fingerprint density at radius 2 is 1.90 bits per heavy atom. The van der Waals surface area contributed by atoms with Gasteiger partial charge in [-0.1, -0.05) is 18.2 Å². The van der Waals surface area contributed by atoms with Crippen molar-refractivity contribution in [3.63, 3.8) is 0 Å². The molecule has 3 aromatic heterocycles. The standard InChI is InChI=1S/C21H18N6O2/c1-13-19(11-24-27(13)12-14-6-8-23-9-7-14)26-21(29)18-10-16(20(22)28)15-4-2-3-5-17(15)25-18/h2-11H,12H2,1H3,(H2,22,28)(H,26,29). The molecule has 0 atom stereocenters. The molecule has 0 spiro atoms. The highest BCUT2D eigenvalue weighted by Gasteiger charge is 2.17. The molecule has 8 heteroatoms. The number of nitrogens with one attached hydrogen (secondary N) is 1. The summed E-state index contributed by atoms with van der Waals surface area (Å²) in [5.74, 6) is -1.05. The normalized spacial score (nSPS) is 10.8. The molecule has 4 rings (SSSR count). The zero-order chi connectivity index (χ0) is 20.4. The molecule has 8 nitrogen and oxygen atoms in total. The number of benzene rings is 1. The zero-order valence-corrected chi connectivity index (χ0v) is 15.7. The number of carbonyl (C=O) groups is 2. The van der Waals surface area contributed by atoms with Gasteiger partial charge in [0.2, 0.25) is 5.91 Å². The molecule has 0 aliphatic heterocycles. The molecule has 0 saturated heterocycles. The Morgan fingerprint density at radius 1 is 1.14 bits per heavy atom. The van der Waals surface area contributed by atoms with E-state index in [1.54, 1.807) is 47.5 Å². The molecule has 0 saturated carbocycles. The Balaban J connectivity index is 1.61. The minimum atomic E-state index is -0.612. The van der Waals surface area contributed by atoms with Gasteiger partial charge < -0.3 is 11.1 Å². The number of para-hydroxylation sites is 1. The molecule has 0 radical (unpaired) electrons. The van der Waals surface area contributed by atoms with E-state index in [-0.39, 0.29) is 11.3 Å². The topological polar surface area (TPSA) is 116 Å². The van der Waals surface area contributed by atoms with Crippen LogP contribution >= 0.6 is 0 Å². The van der Waals surface area contributed by atoms with Gasteiger partial charge in [-0.05, 0) is 36.8 Å². The summed E-state index contributed by atoms with van der Waals surface area (Å²) in [6, 6.07) is 12.3. The van der Waals surface area contributed by atoms with E-state index in [1.165, 1.54) is 6.07 Å². The van der Waals surface area contributed by atoms with Gasteiger partial charge in [-0.2, -0.15) is 5.10 Å². The minimum absolute atomic E-state index is 0.110. The van der Waals surface area contributed by atoms with Crippen LogP contribution in [0, 0.1) is 6.92 Å². The maximum Gasteiger partial charge on any atom is 0.274 e. The van der Waals surface area contributed by atoms with Crippen LogP contribution in [-0.4, -0.2) is 31.6 Å². The molecule has 0 fully saturated rings. The van der Waals surface area contributed by atoms with E-state index >= 15 is 0 Å². The second kappa shape index (κ2) is 7.51. The number of fused-ring (bicyclic) bond motifs is 1. The average molecular weight is 386 g/mol. The number of hydrogen-bond donors (Lipinski definition) is 2. The van der Waals surface area contributed by atoms with Gasteiger partial charge >= 0.3 is 0 Å². The van der Waals surface area contributed by atoms with Crippen LogP contribution < -0.4 is 11.1 Å². The first-order chi connectivity index (χ1) is 14.0. The fourth-order valence-corrected chi connectivity index (χ4v) is 3.07. The monoisotopic (exact) mass is 386 g/mol. The third kappa shape index (κ3) is 3.68. The SMILES string of the molecule is Cc1c(NC(=O)c2cc(C(N)=O)c3ccccc3n2)cnn1Cc1ccncc1. The number of amides is 2. The number of rotatable bonds is 5. The molecule has 0 bridgehead atoms. The van der Waals surface area contributed by atoms with Crippen LogP contribution in [0.15, 0.2) is 61.1 Å². The molecular formula is C21H18N6O2. The van der Waals surface area contributed by atoms with Crippen LogP contribution in [0.2, 0.25) is 0 Å². The van der Waals surface area contributed by atoms with E-state index in [9.17, 15) is 9.59 Å². The summed E-state index contributed by atoms with van der Waals surface area (Å²) in [7, 11) is 0. The van der Waals surface area contributed by atoms with Crippen molar-refractivity contribution >= 4 is 28.4 Å². The Kier molecular flexibility index (Phi) is 4.74. The number of nitrogens with zero attached hydrogens (tertiary/aromatic N) is 4. The molecular weight excluding hydrogens is 368 g/mol. The molecule has 144 valence electrons. The average Bonchev–Trinajstić information content (AvgIpc) is 3.07. The number of hydrogen-bond acceptors (Lipinski definition) is 5. The number of primary amides is 1. The molecule has 3 heterocycles. The third-order valence-electron chi connectivity index (χ3n) is 4.65. The molecule has 0 unspecified atom stereocenters. The Hall–Kier alpha value is -4.07. The summed E-state index contributed by atoms with van der Waals surface area (Å²) >= 11 is 0. The molecule has 1 aromatic carbocycles. The predicted octanol–water partition coefficient (Wildman–Crippen LogP) is 2.53. The van der Waals surface area contributed by atoms with Gasteiger partial charge in [0.15, 0.2) is 0 Å². The van der Waals surface area contributed by atoms with Crippen molar-refractivity contribution in [1.82, 2.24) is 19.7 Å². The van der Waals surface area contributed by atoms with Gasteiger partial charge in [-0.15, -0.1) is 0 Å². The van der Waals surface area contributed by atoms with Gasteiger partial charge in [-0.3, -0.25) is 19.3 Å². The summed E-state index contributed by atoms with van der Waals surface area (Å²) in [6.07, 6.45) is 5.03. The van der Waals surface area contributed by atoms with Crippen molar-refractivity contribution in [3.05, 3.63) is 83.6 Å². The van der Waals surface area contributed by atoms with E-state index in [2.05, 4.69) is 20.4 Å². The smallest absolute Gasteiger partial charge is 0.274 e. The maximum atomic E-state index is 12.8. The lowest BCUT2D eigenvalue weighted by molar-refractivity contribution is 0.100. The number of anilines is 1. The fourth-order valence-electron chi connectivity index (χ4n) is 3.07. The van der Waals surface area contributed by atoms with Crippen molar-refractivity contribution in [1.29, 1.82) is 0 Å². The molecule has 4 aromatic rings. The van der Waals surface area contributed by atoms with Crippen LogP contribution in [0.1, 0.15) is 32.1 Å². The summed E-state index contributed by atoms with van der Waals surface area (Å²) in [4.78, 5) is 33.0. The highest BCUT2D eigenvalue weighted by Crippen LogP contribution is 2.20. The van der Waals surface area contributed by atoms with Crippen molar-refractivity contribution in [2.45, 2.75) is 13.5 Å². The van der Waals surface area contributed by atoms with Crippen LogP contribution in [0.25, 0.3) is 10.9 Å². The van der Waals surface area contributed by atoms with Crippen LogP contribution in [0.4, 0.5) is 5.69 Å². The number of carbonyl (C=O) groups excluding carboxylic acids is 2. The quantitative estimate of drug-likeness (QED) is 0.547. The Morgan fingerprint density at radius 3 is 2.66 bits per heavy atom. The van der Waals surface area contributed by atoms with Crippen molar-refractivity contribution in [3.8, 4) is 0 Å². The largest absolute Gasteiger partial charge is 0.366 e. The van der Waals surface area contributed by atoms with Gasteiger partial charge in [0.1, 0.15) is 5.69 Å². The molecule has 29 heavy (non-hydrogen) atoms. The first-order valence-corrected chi connectivity index (χ1v) is 8.95. The van der Waals surface area contributed by atoms with Gasteiger partial charge in [-0.25, -0.2) is 4.98 Å². The van der Waals surface area contributed by atoms with Gasteiger partial charge in [0.05, 0.1) is 35.2 Å². The van der Waals surface area contributed by atoms with E-state index in [0.717, 1.165) is 11.3 Å². The van der Waals surface area contributed by atoms with Gasteiger partial charge in [0.25, 0.3) is 5.91 Å². The van der Waals surface area contributed by atoms with Crippen LogP contribution in [0.5, 0.6) is 0 Å². The lowest BCUT2D eigenvalue weighted by Crippen LogP contribution is -2.18. The van der Waals surface area contributed by atoms with Crippen LogP contribution in [0.3, 0.4) is 0 Å². The summed E-state index contributed by atoms with van der Waals surface area (Å²) < 4.78 is 1.79. The second-order valence-corrected chi connectivity index (χ2v) is 6.55. The number of pyridine rings is 2. The molecule has 0 aliphatic carbocycles. The number of nitrogens with two attached hydrogens (primary N) is 1. The highest BCUT2D eigenvalue weighted by molar-refractivity contribution is 6.10. The summed E-state index contributed by atoms with van der Waals surface area (Å²) in [5.41, 5.74) is 8.79. The maximum absolute atomic E-state index is 12.8. The summed E-state index contributed by atoms with van der Waals surface area (Å²) in [6.45, 7) is 2.43. The fraction of sp³-hybridized carbons (Fsp3) is 0.0952.